The lowest BCUT2D eigenvalue weighted by Crippen LogP contribution is -2.31. The number of rotatable bonds is 7. The lowest BCUT2D eigenvalue weighted by Gasteiger charge is -2.13. The molecule has 0 fully saturated rings. The van der Waals surface area contributed by atoms with Crippen molar-refractivity contribution in [3.8, 4) is 11.8 Å². The van der Waals surface area contributed by atoms with Crippen LogP contribution in [0.15, 0.2) is 42.6 Å². The highest BCUT2D eigenvalue weighted by Gasteiger charge is 2.05. The number of hydrogen-bond donors (Lipinski definition) is 2. The maximum absolute atomic E-state index is 9.83. The molecule has 0 bridgehead atoms. The van der Waals surface area contributed by atoms with Gasteiger partial charge in [0.2, 0.25) is 0 Å². The van der Waals surface area contributed by atoms with Crippen LogP contribution in [0, 0.1) is 11.3 Å². The molecular weight excluding hydrogens is 268 g/mol. The van der Waals surface area contributed by atoms with E-state index in [1.807, 2.05) is 18.2 Å². The summed E-state index contributed by atoms with van der Waals surface area (Å²) >= 11 is 0. The molecule has 1 heterocycles. The molecule has 0 aliphatic heterocycles. The molecule has 2 aromatic rings. The van der Waals surface area contributed by atoms with E-state index in [9.17, 15) is 5.11 Å². The summed E-state index contributed by atoms with van der Waals surface area (Å²) in [5.74, 6) is 0.571. The van der Waals surface area contributed by atoms with Crippen LogP contribution in [-0.2, 0) is 6.54 Å². The Morgan fingerprint density at radius 3 is 3.00 bits per heavy atom. The Balaban J connectivity index is 1.70. The van der Waals surface area contributed by atoms with Gasteiger partial charge in [0.1, 0.15) is 18.5 Å². The van der Waals surface area contributed by atoms with Crippen LogP contribution >= 0.6 is 0 Å². The highest BCUT2D eigenvalue weighted by Crippen LogP contribution is 2.12. The molecule has 0 amide bonds. The SMILES string of the molecule is N#Cc1cccc(OCC(O)CNCc2cccnn2)c1. The molecule has 108 valence electrons. The number of aliphatic hydroxyl groups excluding tert-OH is 1. The number of hydrogen-bond acceptors (Lipinski definition) is 6. The van der Waals surface area contributed by atoms with Crippen LogP contribution in [0.2, 0.25) is 0 Å². The van der Waals surface area contributed by atoms with E-state index in [1.165, 1.54) is 0 Å². The number of aromatic nitrogens is 2. The Hall–Kier alpha value is -2.49. The third kappa shape index (κ3) is 5.18. The summed E-state index contributed by atoms with van der Waals surface area (Å²) < 4.78 is 5.44. The minimum absolute atomic E-state index is 0.155. The van der Waals surface area contributed by atoms with E-state index in [0.29, 0.717) is 24.4 Å². The van der Waals surface area contributed by atoms with E-state index in [1.54, 1.807) is 30.5 Å². The fourth-order valence-electron chi connectivity index (χ4n) is 1.70. The molecule has 1 aromatic carbocycles. The third-order valence-electron chi connectivity index (χ3n) is 2.72. The van der Waals surface area contributed by atoms with Crippen LogP contribution in [0.3, 0.4) is 0 Å². The summed E-state index contributed by atoms with van der Waals surface area (Å²) in [5.41, 5.74) is 1.34. The highest BCUT2D eigenvalue weighted by molar-refractivity contribution is 5.36. The minimum atomic E-state index is -0.646. The van der Waals surface area contributed by atoms with Crippen molar-refractivity contribution >= 4 is 0 Å². The molecule has 2 N–H and O–H groups in total. The molecule has 0 saturated carbocycles. The van der Waals surface area contributed by atoms with Crippen molar-refractivity contribution in [1.29, 1.82) is 5.26 Å². The topological polar surface area (TPSA) is 91.1 Å². The molecule has 1 atom stereocenters. The van der Waals surface area contributed by atoms with Crippen LogP contribution in [0.25, 0.3) is 0 Å². The molecular formula is C15H16N4O2. The van der Waals surface area contributed by atoms with Gasteiger partial charge in [-0.2, -0.15) is 15.5 Å². The first-order valence-corrected chi connectivity index (χ1v) is 6.56. The second-order valence-electron chi connectivity index (χ2n) is 4.45. The average Bonchev–Trinajstić information content (AvgIpc) is 2.54. The Morgan fingerprint density at radius 1 is 1.33 bits per heavy atom. The van der Waals surface area contributed by atoms with Crippen molar-refractivity contribution in [2.45, 2.75) is 12.6 Å². The van der Waals surface area contributed by atoms with Gasteiger partial charge in [0, 0.05) is 19.3 Å². The van der Waals surface area contributed by atoms with Gasteiger partial charge < -0.3 is 15.2 Å². The average molecular weight is 284 g/mol. The number of ether oxygens (including phenoxy) is 1. The first-order valence-electron chi connectivity index (χ1n) is 6.56. The number of benzene rings is 1. The van der Waals surface area contributed by atoms with Gasteiger partial charge in [-0.15, -0.1) is 0 Å². The van der Waals surface area contributed by atoms with Crippen LogP contribution < -0.4 is 10.1 Å². The summed E-state index contributed by atoms with van der Waals surface area (Å²) in [6.45, 7) is 1.08. The number of nitriles is 1. The molecule has 21 heavy (non-hydrogen) atoms. The molecule has 0 spiro atoms. The van der Waals surface area contributed by atoms with E-state index < -0.39 is 6.10 Å². The van der Waals surface area contributed by atoms with Crippen molar-refractivity contribution < 1.29 is 9.84 Å². The third-order valence-corrected chi connectivity index (χ3v) is 2.72. The van der Waals surface area contributed by atoms with Crippen LogP contribution in [0.5, 0.6) is 5.75 Å². The molecule has 0 aliphatic carbocycles. The minimum Gasteiger partial charge on any atom is -0.491 e. The van der Waals surface area contributed by atoms with E-state index >= 15 is 0 Å². The predicted molar refractivity (Wildman–Crippen MR) is 76.4 cm³/mol. The van der Waals surface area contributed by atoms with Gasteiger partial charge >= 0.3 is 0 Å². The quantitative estimate of drug-likeness (QED) is 0.784. The Kier molecular flexibility index (Phi) is 5.64. The van der Waals surface area contributed by atoms with Gasteiger partial charge in [0.15, 0.2) is 0 Å². The van der Waals surface area contributed by atoms with Gasteiger partial charge in [-0.25, -0.2) is 0 Å². The molecule has 6 heteroatoms. The first-order chi connectivity index (χ1) is 10.3. The Bertz CT molecular complexity index is 598. The van der Waals surface area contributed by atoms with Gasteiger partial charge in [0.25, 0.3) is 0 Å². The summed E-state index contributed by atoms with van der Waals surface area (Å²) in [5, 5.41) is 29.4. The van der Waals surface area contributed by atoms with Gasteiger partial charge in [-0.3, -0.25) is 0 Å². The Morgan fingerprint density at radius 2 is 2.24 bits per heavy atom. The number of aliphatic hydroxyl groups is 1. The van der Waals surface area contributed by atoms with E-state index in [-0.39, 0.29) is 6.61 Å². The Labute approximate surface area is 123 Å². The van der Waals surface area contributed by atoms with Crippen molar-refractivity contribution in [1.82, 2.24) is 15.5 Å². The highest BCUT2D eigenvalue weighted by atomic mass is 16.5. The fourth-order valence-corrected chi connectivity index (χ4v) is 1.70. The van der Waals surface area contributed by atoms with Crippen molar-refractivity contribution in [2.75, 3.05) is 13.2 Å². The smallest absolute Gasteiger partial charge is 0.120 e. The van der Waals surface area contributed by atoms with Crippen molar-refractivity contribution in [3.05, 3.63) is 53.9 Å². The largest absolute Gasteiger partial charge is 0.491 e. The zero-order chi connectivity index (χ0) is 14.9. The maximum Gasteiger partial charge on any atom is 0.120 e. The normalized spacial score (nSPS) is 11.6. The maximum atomic E-state index is 9.83. The zero-order valence-corrected chi connectivity index (χ0v) is 11.4. The summed E-state index contributed by atoms with van der Waals surface area (Å²) in [6, 6.07) is 12.5. The zero-order valence-electron chi connectivity index (χ0n) is 11.4. The van der Waals surface area contributed by atoms with Crippen LogP contribution in [0.1, 0.15) is 11.3 Å². The monoisotopic (exact) mass is 284 g/mol. The van der Waals surface area contributed by atoms with Gasteiger partial charge in [-0.05, 0) is 30.3 Å². The lowest BCUT2D eigenvalue weighted by molar-refractivity contribution is 0.106. The van der Waals surface area contributed by atoms with Crippen LogP contribution in [0.4, 0.5) is 0 Å². The first kappa shape index (κ1) is 14.9. The second-order valence-corrected chi connectivity index (χ2v) is 4.45. The molecule has 0 aliphatic rings. The molecule has 1 aromatic heterocycles. The second kappa shape index (κ2) is 7.94. The summed E-state index contributed by atoms with van der Waals surface area (Å²) in [6.07, 6.45) is 0.967. The van der Waals surface area contributed by atoms with Gasteiger partial charge in [0.05, 0.1) is 17.3 Å². The van der Waals surface area contributed by atoms with E-state index in [0.717, 1.165) is 5.69 Å². The predicted octanol–water partition coefficient (Wildman–Crippen LogP) is 0.878. The summed E-state index contributed by atoms with van der Waals surface area (Å²) in [4.78, 5) is 0. The fraction of sp³-hybridized carbons (Fsp3) is 0.267. The molecule has 1 unspecified atom stereocenters. The van der Waals surface area contributed by atoms with Crippen LogP contribution in [-0.4, -0.2) is 34.6 Å². The lowest BCUT2D eigenvalue weighted by atomic mass is 10.2. The van der Waals surface area contributed by atoms with Crippen molar-refractivity contribution in [3.63, 3.8) is 0 Å². The number of nitrogens with one attached hydrogen (secondary N) is 1. The van der Waals surface area contributed by atoms with Gasteiger partial charge in [-0.1, -0.05) is 6.07 Å². The molecule has 2 rings (SSSR count). The summed E-state index contributed by atoms with van der Waals surface area (Å²) in [7, 11) is 0. The van der Waals surface area contributed by atoms with E-state index in [4.69, 9.17) is 10.00 Å². The van der Waals surface area contributed by atoms with E-state index in [2.05, 4.69) is 15.5 Å². The molecule has 6 nitrogen and oxygen atoms in total. The number of nitrogens with zero attached hydrogens (tertiary/aromatic N) is 3. The molecule has 0 saturated heterocycles. The standard InChI is InChI=1S/C15H16N4O2/c16-8-12-3-1-5-15(7-12)21-11-14(20)10-17-9-13-4-2-6-18-19-13/h1-7,14,17,20H,9-11H2. The van der Waals surface area contributed by atoms with Crippen molar-refractivity contribution in [2.24, 2.45) is 0 Å². The molecule has 0 radical (unpaired) electrons.